The molecule has 0 atom stereocenters. The van der Waals surface area contributed by atoms with E-state index in [0.717, 1.165) is 37.9 Å². The van der Waals surface area contributed by atoms with Crippen LogP contribution in [0.2, 0.25) is 0 Å². The van der Waals surface area contributed by atoms with Gasteiger partial charge in [0.15, 0.2) is 5.75 Å². The molecular formula is C31H25N2O2PS. The maximum absolute atomic E-state index is 11.8. The van der Waals surface area contributed by atoms with Gasteiger partial charge in [-0.3, -0.25) is 4.79 Å². The number of nitrogens with zero attached hydrogens (tertiary/aromatic N) is 2. The standard InChI is InChI=1S/C31H25N2O2PS/c1-22-13-16-25(17-14-22)32-33-31-29-19-18-28(21-24(29)15-20-30(31)35-23(2)34)36(37,26-9-5-3-6-10-26)27-11-7-4-8-12-27/h3-21H,1-2H3. The van der Waals surface area contributed by atoms with Crippen LogP contribution in [0, 0.1) is 6.92 Å². The molecule has 0 aliphatic carbocycles. The summed E-state index contributed by atoms with van der Waals surface area (Å²) in [6.07, 6.45) is 0. The second kappa shape index (κ2) is 10.6. The van der Waals surface area contributed by atoms with Crippen molar-refractivity contribution in [2.75, 3.05) is 0 Å². The third kappa shape index (κ3) is 5.15. The fourth-order valence-electron chi connectivity index (χ4n) is 4.26. The Hall–Kier alpha value is -3.92. The SMILES string of the molecule is CC(=O)Oc1ccc2cc(P(=S)(c3ccccc3)c3ccccc3)ccc2c1N=Nc1ccc(C)cc1. The van der Waals surface area contributed by atoms with Crippen molar-refractivity contribution in [3.63, 3.8) is 0 Å². The van der Waals surface area contributed by atoms with Gasteiger partial charge in [0.2, 0.25) is 0 Å². The summed E-state index contributed by atoms with van der Waals surface area (Å²) in [6, 6.07) is 36.0. The summed E-state index contributed by atoms with van der Waals surface area (Å²) in [7, 11) is 0. The molecule has 0 bridgehead atoms. The highest BCUT2D eigenvalue weighted by Gasteiger charge is 2.25. The molecule has 0 spiro atoms. The number of ether oxygens (including phenoxy) is 1. The average Bonchev–Trinajstić information content (AvgIpc) is 2.93. The molecule has 0 saturated heterocycles. The van der Waals surface area contributed by atoms with E-state index in [9.17, 15) is 4.79 Å². The molecule has 37 heavy (non-hydrogen) atoms. The first-order valence-electron chi connectivity index (χ1n) is 11.9. The van der Waals surface area contributed by atoms with Crippen LogP contribution in [0.3, 0.4) is 0 Å². The highest BCUT2D eigenvalue weighted by molar-refractivity contribution is 8.25. The number of hydrogen-bond acceptors (Lipinski definition) is 5. The average molecular weight is 521 g/mol. The van der Waals surface area contributed by atoms with Crippen LogP contribution in [0.25, 0.3) is 10.8 Å². The minimum Gasteiger partial charge on any atom is -0.424 e. The van der Waals surface area contributed by atoms with Gasteiger partial charge in [0, 0.05) is 18.3 Å². The monoisotopic (exact) mass is 520 g/mol. The number of fused-ring (bicyclic) bond motifs is 1. The highest BCUT2D eigenvalue weighted by atomic mass is 32.4. The summed E-state index contributed by atoms with van der Waals surface area (Å²) < 4.78 is 5.49. The van der Waals surface area contributed by atoms with Gasteiger partial charge in [-0.15, -0.1) is 5.11 Å². The largest absolute Gasteiger partial charge is 0.424 e. The van der Waals surface area contributed by atoms with Crippen LogP contribution in [-0.2, 0) is 16.6 Å². The van der Waals surface area contributed by atoms with Crippen molar-refractivity contribution < 1.29 is 9.53 Å². The van der Waals surface area contributed by atoms with E-state index >= 15 is 0 Å². The second-order valence-corrected chi connectivity index (χ2v) is 13.1. The molecule has 5 rings (SSSR count). The number of benzene rings is 5. The molecule has 0 heterocycles. The highest BCUT2D eigenvalue weighted by Crippen LogP contribution is 2.44. The van der Waals surface area contributed by atoms with Crippen LogP contribution in [0.5, 0.6) is 5.75 Å². The van der Waals surface area contributed by atoms with Crippen molar-refractivity contribution in [3.8, 4) is 5.75 Å². The second-order valence-electron chi connectivity index (χ2n) is 8.73. The van der Waals surface area contributed by atoms with Gasteiger partial charge in [0.1, 0.15) is 5.69 Å². The maximum Gasteiger partial charge on any atom is 0.308 e. The molecule has 4 nitrogen and oxygen atoms in total. The van der Waals surface area contributed by atoms with E-state index in [2.05, 4.69) is 46.6 Å². The Labute approximate surface area is 221 Å². The van der Waals surface area contributed by atoms with E-state index < -0.39 is 12.0 Å². The fraction of sp³-hybridized carbons (Fsp3) is 0.0645. The smallest absolute Gasteiger partial charge is 0.308 e. The number of aryl methyl sites for hydroxylation is 1. The zero-order valence-corrected chi connectivity index (χ0v) is 22.2. The summed E-state index contributed by atoms with van der Waals surface area (Å²) in [5.41, 5.74) is 2.37. The Morgan fingerprint density at radius 1 is 0.730 bits per heavy atom. The molecule has 6 heteroatoms. The molecule has 0 aromatic heterocycles. The van der Waals surface area contributed by atoms with Crippen LogP contribution < -0.4 is 20.7 Å². The number of rotatable bonds is 6. The molecule has 0 unspecified atom stereocenters. The van der Waals surface area contributed by atoms with Gasteiger partial charge in [-0.05, 0) is 52.5 Å². The van der Waals surface area contributed by atoms with E-state index in [-0.39, 0.29) is 0 Å². The lowest BCUT2D eigenvalue weighted by atomic mass is 10.1. The van der Waals surface area contributed by atoms with Crippen molar-refractivity contribution in [2.45, 2.75) is 13.8 Å². The third-order valence-electron chi connectivity index (χ3n) is 6.09. The quantitative estimate of drug-likeness (QED) is 0.103. The molecule has 0 aliphatic rings. The van der Waals surface area contributed by atoms with Crippen LogP contribution in [0.1, 0.15) is 12.5 Å². The lowest BCUT2D eigenvalue weighted by molar-refractivity contribution is -0.131. The van der Waals surface area contributed by atoms with E-state index in [4.69, 9.17) is 16.5 Å². The van der Waals surface area contributed by atoms with Crippen LogP contribution >= 0.6 is 6.04 Å². The van der Waals surface area contributed by atoms with Gasteiger partial charge in [-0.1, -0.05) is 108 Å². The molecule has 0 N–H and O–H groups in total. The summed E-state index contributed by atoms with van der Waals surface area (Å²) in [6.45, 7) is 3.40. The zero-order valence-electron chi connectivity index (χ0n) is 20.5. The van der Waals surface area contributed by atoms with Crippen LogP contribution in [-0.4, -0.2) is 5.97 Å². The van der Waals surface area contributed by atoms with E-state index in [1.807, 2.05) is 79.7 Å². The molecule has 0 saturated carbocycles. The first-order valence-corrected chi connectivity index (χ1v) is 14.7. The Morgan fingerprint density at radius 2 is 1.35 bits per heavy atom. The first kappa shape index (κ1) is 24.8. The lowest BCUT2D eigenvalue weighted by Gasteiger charge is -2.24. The minimum atomic E-state index is -2.30. The van der Waals surface area contributed by atoms with Crippen molar-refractivity contribution in [1.82, 2.24) is 0 Å². The molecular weight excluding hydrogens is 495 g/mol. The number of carbonyl (C=O) groups is 1. The van der Waals surface area contributed by atoms with E-state index in [0.29, 0.717) is 11.4 Å². The Kier molecular flexibility index (Phi) is 7.09. The summed E-state index contributed by atoms with van der Waals surface area (Å²) >= 11 is 6.51. The van der Waals surface area contributed by atoms with Crippen molar-refractivity contribution in [2.24, 2.45) is 10.2 Å². The Balaban J connectivity index is 1.68. The van der Waals surface area contributed by atoms with Gasteiger partial charge in [-0.2, -0.15) is 5.11 Å². The number of carbonyl (C=O) groups excluding carboxylic acids is 1. The number of hydrogen-bond donors (Lipinski definition) is 0. The fourth-order valence-corrected chi connectivity index (χ4v) is 8.01. The third-order valence-corrected chi connectivity index (χ3v) is 11.0. The molecule has 0 aliphatic heterocycles. The van der Waals surface area contributed by atoms with Gasteiger partial charge in [-0.25, -0.2) is 0 Å². The Bertz CT molecular complexity index is 1610. The Morgan fingerprint density at radius 3 is 1.95 bits per heavy atom. The summed E-state index contributed by atoms with van der Waals surface area (Å²) in [5, 5.41) is 14.1. The van der Waals surface area contributed by atoms with Crippen LogP contribution in [0.15, 0.2) is 125 Å². The predicted octanol–water partition coefficient (Wildman–Crippen LogP) is 7.24. The number of azo groups is 1. The van der Waals surface area contributed by atoms with E-state index in [1.165, 1.54) is 6.92 Å². The minimum absolute atomic E-state index is 0.370. The molecule has 0 fully saturated rings. The van der Waals surface area contributed by atoms with E-state index in [1.54, 1.807) is 6.07 Å². The maximum atomic E-state index is 11.8. The van der Waals surface area contributed by atoms with Crippen molar-refractivity contribution in [1.29, 1.82) is 0 Å². The molecule has 0 radical (unpaired) electrons. The number of esters is 1. The molecule has 5 aromatic rings. The van der Waals surface area contributed by atoms with Gasteiger partial charge >= 0.3 is 5.97 Å². The molecule has 0 amide bonds. The summed E-state index contributed by atoms with van der Waals surface area (Å²) in [5.74, 6) is -0.0411. The lowest BCUT2D eigenvalue weighted by Crippen LogP contribution is -2.24. The van der Waals surface area contributed by atoms with Crippen LogP contribution in [0.4, 0.5) is 11.4 Å². The predicted molar refractivity (Wildman–Crippen MR) is 157 cm³/mol. The van der Waals surface area contributed by atoms with Crippen molar-refractivity contribution in [3.05, 3.63) is 121 Å². The zero-order chi connectivity index (χ0) is 25.8. The summed E-state index contributed by atoms with van der Waals surface area (Å²) in [4.78, 5) is 11.8. The van der Waals surface area contributed by atoms with Gasteiger partial charge in [0.05, 0.1) is 5.69 Å². The van der Waals surface area contributed by atoms with Gasteiger partial charge < -0.3 is 4.74 Å². The normalized spacial score (nSPS) is 11.6. The molecule has 182 valence electrons. The first-order chi connectivity index (χ1) is 17.9. The topological polar surface area (TPSA) is 51.0 Å². The molecule has 5 aromatic carbocycles. The van der Waals surface area contributed by atoms with Gasteiger partial charge in [0.25, 0.3) is 0 Å². The van der Waals surface area contributed by atoms with Crippen molar-refractivity contribution >= 4 is 61.9 Å².